The SMILES string of the molecule is CCCCC(CC)CNCCNCC(F)(F)F. The Labute approximate surface area is 102 Å². The lowest BCUT2D eigenvalue weighted by atomic mass is 9.99. The maximum absolute atomic E-state index is 11.8. The van der Waals surface area contributed by atoms with Gasteiger partial charge in [-0.15, -0.1) is 0 Å². The highest BCUT2D eigenvalue weighted by atomic mass is 19.4. The monoisotopic (exact) mass is 254 g/mol. The summed E-state index contributed by atoms with van der Waals surface area (Å²) in [5.74, 6) is 0.651. The molecule has 0 saturated carbocycles. The summed E-state index contributed by atoms with van der Waals surface area (Å²) in [6.07, 6.45) is 0.655. The number of nitrogens with one attached hydrogen (secondary N) is 2. The summed E-state index contributed by atoms with van der Waals surface area (Å²) in [5, 5.41) is 5.57. The molecule has 0 aromatic rings. The highest BCUT2D eigenvalue weighted by Crippen LogP contribution is 2.12. The fourth-order valence-corrected chi connectivity index (χ4v) is 1.66. The van der Waals surface area contributed by atoms with Gasteiger partial charge < -0.3 is 10.6 Å². The highest BCUT2D eigenvalue weighted by molar-refractivity contribution is 4.62. The quantitative estimate of drug-likeness (QED) is 0.586. The molecule has 0 heterocycles. The molecule has 0 fully saturated rings. The molecule has 0 aromatic carbocycles. The van der Waals surface area contributed by atoms with E-state index >= 15 is 0 Å². The second-order valence-electron chi connectivity index (χ2n) is 4.41. The van der Waals surface area contributed by atoms with Gasteiger partial charge in [0.15, 0.2) is 0 Å². The lowest BCUT2D eigenvalue weighted by molar-refractivity contribution is -0.124. The van der Waals surface area contributed by atoms with Crippen LogP contribution in [0, 0.1) is 5.92 Å². The fraction of sp³-hybridized carbons (Fsp3) is 1.00. The van der Waals surface area contributed by atoms with Crippen LogP contribution in [0.25, 0.3) is 0 Å². The van der Waals surface area contributed by atoms with Gasteiger partial charge in [-0.3, -0.25) is 0 Å². The van der Waals surface area contributed by atoms with Crippen molar-refractivity contribution in [3.8, 4) is 0 Å². The molecule has 0 rings (SSSR count). The van der Waals surface area contributed by atoms with E-state index in [9.17, 15) is 13.2 Å². The second kappa shape index (κ2) is 9.71. The lowest BCUT2D eigenvalue weighted by Crippen LogP contribution is -2.35. The number of rotatable bonds is 10. The van der Waals surface area contributed by atoms with Crippen molar-refractivity contribution in [3.63, 3.8) is 0 Å². The normalized spacial score (nSPS) is 13.9. The van der Waals surface area contributed by atoms with Crippen LogP contribution >= 0.6 is 0 Å². The molecule has 0 amide bonds. The Balaban J connectivity index is 3.36. The summed E-state index contributed by atoms with van der Waals surface area (Å²) in [4.78, 5) is 0. The average Bonchev–Trinajstić information content (AvgIpc) is 2.25. The molecule has 1 atom stereocenters. The molecule has 2 nitrogen and oxygen atoms in total. The lowest BCUT2D eigenvalue weighted by Gasteiger charge is -2.15. The Kier molecular flexibility index (Phi) is 9.55. The maximum Gasteiger partial charge on any atom is 0.401 e. The molecule has 0 radical (unpaired) electrons. The minimum Gasteiger partial charge on any atom is -0.315 e. The molecule has 17 heavy (non-hydrogen) atoms. The first kappa shape index (κ1) is 16.7. The number of hydrogen-bond acceptors (Lipinski definition) is 2. The van der Waals surface area contributed by atoms with Crippen LogP contribution in [-0.2, 0) is 0 Å². The van der Waals surface area contributed by atoms with Crippen LogP contribution in [0.4, 0.5) is 13.2 Å². The predicted molar refractivity (Wildman–Crippen MR) is 65.1 cm³/mol. The summed E-state index contributed by atoms with van der Waals surface area (Å²) in [6.45, 7) is 5.29. The summed E-state index contributed by atoms with van der Waals surface area (Å²) in [7, 11) is 0. The van der Waals surface area contributed by atoms with Crippen LogP contribution in [0.3, 0.4) is 0 Å². The van der Waals surface area contributed by atoms with E-state index in [-0.39, 0.29) is 0 Å². The molecule has 5 heteroatoms. The molecule has 104 valence electrons. The van der Waals surface area contributed by atoms with Gasteiger partial charge in [0.25, 0.3) is 0 Å². The minimum atomic E-state index is -4.10. The molecule has 0 aromatic heterocycles. The van der Waals surface area contributed by atoms with Crippen LogP contribution in [0.1, 0.15) is 39.5 Å². The first-order valence-electron chi connectivity index (χ1n) is 6.47. The van der Waals surface area contributed by atoms with Gasteiger partial charge in [-0.05, 0) is 18.9 Å². The third-order valence-corrected chi connectivity index (χ3v) is 2.78. The second-order valence-corrected chi connectivity index (χ2v) is 4.41. The number of alkyl halides is 3. The standard InChI is InChI=1S/C12H25F3N2/c1-3-5-6-11(4-2)9-16-7-8-17-10-12(13,14)15/h11,16-17H,3-10H2,1-2H3. The van der Waals surface area contributed by atoms with E-state index in [1.165, 1.54) is 19.3 Å². The largest absolute Gasteiger partial charge is 0.401 e. The molecule has 2 N–H and O–H groups in total. The molecule has 0 aliphatic heterocycles. The summed E-state index contributed by atoms with van der Waals surface area (Å²) in [5.41, 5.74) is 0. The van der Waals surface area contributed by atoms with Crippen molar-refractivity contribution in [2.45, 2.75) is 45.7 Å². The van der Waals surface area contributed by atoms with E-state index in [0.717, 1.165) is 13.0 Å². The zero-order valence-electron chi connectivity index (χ0n) is 10.9. The van der Waals surface area contributed by atoms with Crippen molar-refractivity contribution in [1.82, 2.24) is 10.6 Å². The van der Waals surface area contributed by atoms with Crippen molar-refractivity contribution in [1.29, 1.82) is 0 Å². The molecule has 0 bridgehead atoms. The molecule has 1 unspecified atom stereocenters. The maximum atomic E-state index is 11.8. The van der Waals surface area contributed by atoms with Crippen molar-refractivity contribution in [3.05, 3.63) is 0 Å². The van der Waals surface area contributed by atoms with E-state index in [1.807, 2.05) is 0 Å². The summed E-state index contributed by atoms with van der Waals surface area (Å²) >= 11 is 0. The van der Waals surface area contributed by atoms with E-state index < -0.39 is 12.7 Å². The van der Waals surface area contributed by atoms with Crippen LogP contribution in [0.2, 0.25) is 0 Å². The van der Waals surface area contributed by atoms with Crippen LogP contribution in [0.15, 0.2) is 0 Å². The van der Waals surface area contributed by atoms with Crippen molar-refractivity contribution < 1.29 is 13.2 Å². The number of unbranched alkanes of at least 4 members (excludes halogenated alkanes) is 1. The van der Waals surface area contributed by atoms with Crippen molar-refractivity contribution in [2.75, 3.05) is 26.2 Å². The van der Waals surface area contributed by atoms with Gasteiger partial charge in [-0.25, -0.2) is 0 Å². The first-order valence-corrected chi connectivity index (χ1v) is 6.47. The van der Waals surface area contributed by atoms with Gasteiger partial charge in [-0.1, -0.05) is 33.1 Å². The number of halogens is 3. The number of hydrogen-bond donors (Lipinski definition) is 2. The molecular weight excluding hydrogens is 229 g/mol. The Bertz CT molecular complexity index is 172. The van der Waals surface area contributed by atoms with E-state index in [1.54, 1.807) is 0 Å². The predicted octanol–water partition coefficient (Wildman–Crippen LogP) is 2.94. The zero-order valence-corrected chi connectivity index (χ0v) is 10.9. The Morgan fingerprint density at radius 2 is 1.71 bits per heavy atom. The van der Waals surface area contributed by atoms with Gasteiger partial charge in [0, 0.05) is 13.1 Å². The van der Waals surface area contributed by atoms with E-state index in [2.05, 4.69) is 24.5 Å². The Hall–Kier alpha value is -0.290. The van der Waals surface area contributed by atoms with Crippen LogP contribution in [-0.4, -0.2) is 32.4 Å². The van der Waals surface area contributed by atoms with Crippen molar-refractivity contribution in [2.24, 2.45) is 5.92 Å². The molecule has 0 spiro atoms. The van der Waals surface area contributed by atoms with Crippen molar-refractivity contribution >= 4 is 0 Å². The topological polar surface area (TPSA) is 24.1 Å². The zero-order chi connectivity index (χ0) is 13.1. The average molecular weight is 254 g/mol. The first-order chi connectivity index (χ1) is 7.99. The molecular formula is C12H25F3N2. The van der Waals surface area contributed by atoms with Crippen LogP contribution < -0.4 is 10.6 Å². The van der Waals surface area contributed by atoms with Gasteiger partial charge in [0.1, 0.15) is 0 Å². The highest BCUT2D eigenvalue weighted by Gasteiger charge is 2.25. The van der Waals surface area contributed by atoms with Crippen LogP contribution in [0.5, 0.6) is 0 Å². The molecule has 0 aliphatic rings. The molecule has 0 aliphatic carbocycles. The van der Waals surface area contributed by atoms with E-state index in [4.69, 9.17) is 0 Å². The Morgan fingerprint density at radius 1 is 1.06 bits per heavy atom. The van der Waals surface area contributed by atoms with E-state index in [0.29, 0.717) is 19.0 Å². The van der Waals surface area contributed by atoms with Gasteiger partial charge >= 0.3 is 6.18 Å². The van der Waals surface area contributed by atoms with Gasteiger partial charge in [0.05, 0.1) is 6.54 Å². The van der Waals surface area contributed by atoms with Gasteiger partial charge in [-0.2, -0.15) is 13.2 Å². The fourth-order valence-electron chi connectivity index (χ4n) is 1.66. The third-order valence-electron chi connectivity index (χ3n) is 2.78. The summed E-state index contributed by atoms with van der Waals surface area (Å²) in [6, 6.07) is 0. The van der Waals surface area contributed by atoms with Gasteiger partial charge in [0.2, 0.25) is 0 Å². The Morgan fingerprint density at radius 3 is 2.24 bits per heavy atom. The minimum absolute atomic E-state index is 0.365. The third kappa shape index (κ3) is 12.0. The smallest absolute Gasteiger partial charge is 0.315 e. The molecule has 0 saturated heterocycles. The summed E-state index contributed by atoms with van der Waals surface area (Å²) < 4.78 is 35.4.